The van der Waals surface area contributed by atoms with Gasteiger partial charge in [0.15, 0.2) is 5.65 Å². The van der Waals surface area contributed by atoms with Crippen LogP contribution in [0.1, 0.15) is 19.8 Å². The number of nitrogens with zero attached hydrogens (tertiary/aromatic N) is 5. The van der Waals surface area contributed by atoms with Crippen LogP contribution in [0.25, 0.3) is 27.8 Å². The van der Waals surface area contributed by atoms with Gasteiger partial charge in [0, 0.05) is 35.6 Å². The van der Waals surface area contributed by atoms with Crippen molar-refractivity contribution in [3.05, 3.63) is 37.1 Å². The van der Waals surface area contributed by atoms with Crippen LogP contribution < -0.4 is 5.32 Å². The summed E-state index contributed by atoms with van der Waals surface area (Å²) >= 11 is 0. The van der Waals surface area contributed by atoms with Crippen molar-refractivity contribution < 1.29 is 5.11 Å². The fourth-order valence-corrected chi connectivity index (χ4v) is 3.48. The molecule has 5 rings (SSSR count). The van der Waals surface area contributed by atoms with Crippen LogP contribution in [0, 0.1) is 0 Å². The van der Waals surface area contributed by atoms with Gasteiger partial charge in [0.1, 0.15) is 12.0 Å². The first-order valence-corrected chi connectivity index (χ1v) is 8.20. The molecule has 0 atom stereocenters. The van der Waals surface area contributed by atoms with Crippen molar-refractivity contribution in [2.45, 2.75) is 31.4 Å². The summed E-state index contributed by atoms with van der Waals surface area (Å²) in [4.78, 5) is 16.4. The molecule has 1 aliphatic carbocycles. The van der Waals surface area contributed by atoms with Gasteiger partial charge in [0.25, 0.3) is 0 Å². The van der Waals surface area contributed by atoms with E-state index in [-0.39, 0.29) is 6.04 Å². The SMILES string of the molecule is C[C@]1(O)C[C@H](Nc2ncc3c(-c4ccn5ncnc5c4)c[nH]c3n2)C1. The minimum atomic E-state index is -0.568. The second-order valence-corrected chi connectivity index (χ2v) is 6.88. The summed E-state index contributed by atoms with van der Waals surface area (Å²) in [6.07, 6.45) is 8.59. The first-order chi connectivity index (χ1) is 12.1. The van der Waals surface area contributed by atoms with Crippen molar-refractivity contribution >= 4 is 22.6 Å². The smallest absolute Gasteiger partial charge is 0.224 e. The van der Waals surface area contributed by atoms with Crippen LogP contribution >= 0.6 is 0 Å². The molecule has 0 aliphatic heterocycles. The van der Waals surface area contributed by atoms with E-state index in [1.165, 1.54) is 6.33 Å². The largest absolute Gasteiger partial charge is 0.390 e. The lowest BCUT2D eigenvalue weighted by Gasteiger charge is -2.41. The number of anilines is 1. The third-order valence-electron chi connectivity index (χ3n) is 4.73. The number of aliphatic hydroxyl groups is 1. The number of hydrogen-bond acceptors (Lipinski definition) is 6. The molecule has 0 unspecified atom stereocenters. The minimum absolute atomic E-state index is 0.220. The molecule has 0 aromatic carbocycles. The molecule has 25 heavy (non-hydrogen) atoms. The Balaban J connectivity index is 1.46. The van der Waals surface area contributed by atoms with Crippen LogP contribution in [0.5, 0.6) is 0 Å². The summed E-state index contributed by atoms with van der Waals surface area (Å²) in [6, 6.07) is 4.20. The number of rotatable bonds is 3. The monoisotopic (exact) mass is 335 g/mol. The third-order valence-corrected chi connectivity index (χ3v) is 4.73. The van der Waals surface area contributed by atoms with Crippen LogP contribution in [0.3, 0.4) is 0 Å². The van der Waals surface area contributed by atoms with Crippen LogP contribution in [-0.4, -0.2) is 46.3 Å². The Kier molecular flexibility index (Phi) is 2.87. The zero-order valence-corrected chi connectivity index (χ0v) is 13.6. The van der Waals surface area contributed by atoms with Gasteiger partial charge >= 0.3 is 0 Å². The Bertz CT molecular complexity index is 1070. The minimum Gasteiger partial charge on any atom is -0.390 e. The highest BCUT2D eigenvalue weighted by Crippen LogP contribution is 2.33. The molecular weight excluding hydrogens is 318 g/mol. The maximum Gasteiger partial charge on any atom is 0.224 e. The maximum absolute atomic E-state index is 9.82. The van der Waals surface area contributed by atoms with Crippen molar-refractivity contribution in [1.29, 1.82) is 0 Å². The number of hydrogen-bond donors (Lipinski definition) is 3. The van der Waals surface area contributed by atoms with Gasteiger partial charge in [-0.3, -0.25) is 0 Å². The van der Waals surface area contributed by atoms with E-state index in [1.807, 2.05) is 37.6 Å². The lowest BCUT2D eigenvalue weighted by molar-refractivity contribution is -0.0235. The summed E-state index contributed by atoms with van der Waals surface area (Å²) in [5, 5.41) is 18.2. The Morgan fingerprint density at radius 1 is 1.36 bits per heavy atom. The van der Waals surface area contributed by atoms with E-state index in [0.29, 0.717) is 18.8 Å². The first-order valence-electron chi connectivity index (χ1n) is 8.20. The molecule has 0 spiro atoms. The van der Waals surface area contributed by atoms with Gasteiger partial charge < -0.3 is 15.4 Å². The number of H-pyrrole nitrogens is 1. The Labute approximate surface area is 143 Å². The summed E-state index contributed by atoms with van der Waals surface area (Å²) in [7, 11) is 0. The molecule has 1 aliphatic rings. The molecule has 0 bridgehead atoms. The third kappa shape index (κ3) is 2.42. The highest BCUT2D eigenvalue weighted by molar-refractivity contribution is 5.93. The van der Waals surface area contributed by atoms with Gasteiger partial charge in [0.2, 0.25) is 5.95 Å². The molecule has 4 aromatic rings. The van der Waals surface area contributed by atoms with Gasteiger partial charge in [-0.1, -0.05) is 0 Å². The Morgan fingerprint density at radius 2 is 2.24 bits per heavy atom. The fraction of sp³-hybridized carbons (Fsp3) is 0.294. The van der Waals surface area contributed by atoms with E-state index in [1.54, 1.807) is 4.52 Å². The average molecular weight is 335 g/mol. The zero-order valence-electron chi connectivity index (χ0n) is 13.6. The Morgan fingerprint density at radius 3 is 3.08 bits per heavy atom. The molecule has 3 N–H and O–H groups in total. The average Bonchev–Trinajstić information content (AvgIpc) is 3.18. The fourth-order valence-electron chi connectivity index (χ4n) is 3.48. The second kappa shape index (κ2) is 5.00. The Hall–Kier alpha value is -3.00. The molecule has 1 saturated carbocycles. The summed E-state index contributed by atoms with van der Waals surface area (Å²) in [6.45, 7) is 1.85. The number of nitrogens with one attached hydrogen (secondary N) is 2. The molecule has 4 heterocycles. The topological polar surface area (TPSA) is 104 Å². The summed E-state index contributed by atoms with van der Waals surface area (Å²) < 4.78 is 1.73. The van der Waals surface area contributed by atoms with Crippen LogP contribution in [0.15, 0.2) is 37.1 Å². The summed E-state index contributed by atoms with van der Waals surface area (Å²) in [5.41, 5.74) is 3.06. The molecule has 126 valence electrons. The van der Waals surface area contributed by atoms with Crippen LogP contribution in [0.4, 0.5) is 5.95 Å². The van der Waals surface area contributed by atoms with Gasteiger partial charge in [-0.2, -0.15) is 10.1 Å². The highest BCUT2D eigenvalue weighted by Gasteiger charge is 2.38. The standard InChI is InChI=1S/C17H17N7O/c1-17(25)5-11(6-17)22-16-19-8-13-12(7-18-15(13)23-16)10-2-3-24-14(4-10)20-9-21-24/h2-4,7-9,11,25H,5-6H2,1H3,(H2,18,19,22,23)/t11-,17-. The molecule has 0 radical (unpaired) electrons. The molecule has 0 saturated heterocycles. The number of fused-ring (bicyclic) bond motifs is 2. The number of pyridine rings is 1. The molecule has 8 heteroatoms. The summed E-state index contributed by atoms with van der Waals surface area (Å²) in [5.74, 6) is 0.578. The predicted molar refractivity (Wildman–Crippen MR) is 93.1 cm³/mol. The van der Waals surface area contributed by atoms with E-state index >= 15 is 0 Å². The van der Waals surface area contributed by atoms with Gasteiger partial charge in [-0.05, 0) is 37.5 Å². The highest BCUT2D eigenvalue weighted by atomic mass is 16.3. The molecule has 0 amide bonds. The van der Waals surface area contributed by atoms with E-state index in [2.05, 4.69) is 30.4 Å². The van der Waals surface area contributed by atoms with Crippen molar-refractivity contribution in [3.8, 4) is 11.1 Å². The lowest BCUT2D eigenvalue weighted by atomic mass is 9.77. The quantitative estimate of drug-likeness (QED) is 0.529. The van der Waals surface area contributed by atoms with Gasteiger partial charge in [-0.15, -0.1) is 0 Å². The van der Waals surface area contributed by atoms with E-state index < -0.39 is 5.60 Å². The predicted octanol–water partition coefficient (Wildman–Crippen LogP) is 1.99. The van der Waals surface area contributed by atoms with E-state index in [9.17, 15) is 5.11 Å². The lowest BCUT2D eigenvalue weighted by Crippen LogP contribution is -2.48. The van der Waals surface area contributed by atoms with Gasteiger partial charge in [0.05, 0.1) is 5.60 Å². The molecule has 8 nitrogen and oxygen atoms in total. The zero-order chi connectivity index (χ0) is 17.0. The number of aromatic nitrogens is 6. The van der Waals surface area contributed by atoms with E-state index in [4.69, 9.17) is 0 Å². The molecule has 4 aromatic heterocycles. The van der Waals surface area contributed by atoms with Crippen LogP contribution in [-0.2, 0) is 0 Å². The van der Waals surface area contributed by atoms with E-state index in [0.717, 1.165) is 27.8 Å². The van der Waals surface area contributed by atoms with Crippen molar-refractivity contribution in [2.24, 2.45) is 0 Å². The van der Waals surface area contributed by atoms with Gasteiger partial charge in [-0.25, -0.2) is 14.5 Å². The van der Waals surface area contributed by atoms with Crippen molar-refractivity contribution in [2.75, 3.05) is 5.32 Å². The maximum atomic E-state index is 9.82. The van der Waals surface area contributed by atoms with Crippen molar-refractivity contribution in [3.63, 3.8) is 0 Å². The molecular formula is C17H17N7O. The molecule has 1 fully saturated rings. The second-order valence-electron chi connectivity index (χ2n) is 6.88. The van der Waals surface area contributed by atoms with Crippen molar-refractivity contribution in [1.82, 2.24) is 29.5 Å². The first kappa shape index (κ1) is 14.4. The normalized spacial score (nSPS) is 23.0. The van der Waals surface area contributed by atoms with Crippen LogP contribution in [0.2, 0.25) is 0 Å². The number of aromatic amines is 1.